The first-order valence-electron chi connectivity index (χ1n) is 11.8. The standard InChI is InChI=1S/C28H25N3O3/c32-20-9-6-18(7-10-20)15-24-28(34)31-25-13-8-19-16-21(33)11-12-22(19)26(25)29-23(27(31)30-24)14-17-4-2-1-3-5-17/h1-4,6-7,9-12,16-17,24,32-33H,5,8,13-15H2/p+1. The number of carbonyl (C=O) groups excluding carboxylic acids is 1. The first kappa shape index (κ1) is 20.7. The van der Waals surface area contributed by atoms with E-state index in [1.165, 1.54) is 0 Å². The van der Waals surface area contributed by atoms with Crippen LogP contribution in [0.15, 0.2) is 66.8 Å². The zero-order valence-electron chi connectivity index (χ0n) is 18.7. The molecule has 1 aromatic heterocycles. The van der Waals surface area contributed by atoms with Crippen LogP contribution in [-0.2, 0) is 25.7 Å². The van der Waals surface area contributed by atoms with Crippen molar-refractivity contribution in [1.29, 1.82) is 0 Å². The van der Waals surface area contributed by atoms with Gasteiger partial charge in [-0.25, -0.2) is 9.78 Å². The van der Waals surface area contributed by atoms with Crippen LogP contribution in [0.25, 0.3) is 11.3 Å². The summed E-state index contributed by atoms with van der Waals surface area (Å²) in [5.74, 6) is 1.63. The van der Waals surface area contributed by atoms with Gasteiger partial charge in [-0.3, -0.25) is 5.32 Å². The Kier molecular flexibility index (Phi) is 4.94. The molecule has 2 aliphatic carbocycles. The van der Waals surface area contributed by atoms with Crippen LogP contribution in [-0.4, -0.2) is 27.1 Å². The summed E-state index contributed by atoms with van der Waals surface area (Å²) in [6.45, 7) is 0. The number of phenols is 2. The van der Waals surface area contributed by atoms with E-state index in [1.807, 2.05) is 22.8 Å². The highest BCUT2D eigenvalue weighted by molar-refractivity contribution is 5.84. The molecule has 2 unspecified atom stereocenters. The minimum absolute atomic E-state index is 0.0317. The molecule has 2 aromatic carbocycles. The van der Waals surface area contributed by atoms with Gasteiger partial charge in [0, 0.05) is 24.8 Å². The second kappa shape index (κ2) is 8.13. The molecule has 6 nitrogen and oxygen atoms in total. The fourth-order valence-corrected chi connectivity index (χ4v) is 5.29. The van der Waals surface area contributed by atoms with Gasteiger partial charge in [-0.15, -0.1) is 0 Å². The number of rotatable bonds is 4. The number of aromatic hydroxyl groups is 2. The Morgan fingerprint density at radius 2 is 1.82 bits per heavy atom. The van der Waals surface area contributed by atoms with Crippen LogP contribution >= 0.6 is 0 Å². The number of aryl methyl sites for hydroxylation is 1. The van der Waals surface area contributed by atoms with Crippen molar-refractivity contribution in [1.82, 2.24) is 4.98 Å². The highest BCUT2D eigenvalue weighted by Crippen LogP contribution is 2.36. The summed E-state index contributed by atoms with van der Waals surface area (Å²) in [7, 11) is 0. The van der Waals surface area contributed by atoms with E-state index >= 15 is 0 Å². The van der Waals surface area contributed by atoms with E-state index in [9.17, 15) is 15.0 Å². The highest BCUT2D eigenvalue weighted by Gasteiger charge is 2.44. The molecule has 170 valence electrons. The Labute approximate surface area is 197 Å². The van der Waals surface area contributed by atoms with Crippen LogP contribution in [0.3, 0.4) is 0 Å². The Morgan fingerprint density at radius 3 is 2.62 bits per heavy atom. The highest BCUT2D eigenvalue weighted by atomic mass is 16.3. The first-order valence-corrected chi connectivity index (χ1v) is 11.8. The molecular formula is C28H26N3O3+. The lowest BCUT2D eigenvalue weighted by atomic mass is 9.90. The van der Waals surface area contributed by atoms with Crippen LogP contribution in [0.4, 0.5) is 5.82 Å². The number of benzene rings is 2. The molecule has 0 saturated carbocycles. The average molecular weight is 453 g/mol. The minimum atomic E-state index is -0.389. The lowest BCUT2D eigenvalue weighted by molar-refractivity contribution is -0.562. The molecule has 0 spiro atoms. The third-order valence-electron chi connectivity index (χ3n) is 6.99. The predicted octanol–water partition coefficient (Wildman–Crippen LogP) is 3.90. The predicted molar refractivity (Wildman–Crippen MR) is 129 cm³/mol. The van der Waals surface area contributed by atoms with Crippen LogP contribution in [0.2, 0.25) is 0 Å². The van der Waals surface area contributed by atoms with Gasteiger partial charge in [0.2, 0.25) is 0 Å². The number of fused-ring (bicyclic) bond motifs is 5. The maximum absolute atomic E-state index is 13.7. The second-order valence-electron chi connectivity index (χ2n) is 9.30. The summed E-state index contributed by atoms with van der Waals surface area (Å²) in [5.41, 5.74) is 5.71. The molecule has 6 rings (SSSR count). The van der Waals surface area contributed by atoms with Crippen molar-refractivity contribution in [2.45, 2.75) is 38.1 Å². The average Bonchev–Trinajstić information content (AvgIpc) is 3.17. The smallest absolute Gasteiger partial charge is 0.359 e. The van der Waals surface area contributed by atoms with Crippen molar-refractivity contribution in [3.05, 3.63) is 89.3 Å². The summed E-state index contributed by atoms with van der Waals surface area (Å²) in [4.78, 5) is 18.8. The van der Waals surface area contributed by atoms with Crippen molar-refractivity contribution >= 4 is 11.7 Å². The fraction of sp³-hybridized carbons (Fsp3) is 0.250. The number of hydrogen-bond acceptors (Lipinski definition) is 5. The van der Waals surface area contributed by atoms with E-state index in [1.54, 1.807) is 24.3 Å². The number of anilines is 1. The van der Waals surface area contributed by atoms with Gasteiger partial charge in [-0.05, 0) is 60.2 Å². The minimum Gasteiger partial charge on any atom is -0.508 e. The zero-order valence-corrected chi connectivity index (χ0v) is 18.7. The third kappa shape index (κ3) is 3.55. The maximum Gasteiger partial charge on any atom is 0.359 e. The van der Waals surface area contributed by atoms with E-state index < -0.39 is 0 Å². The molecule has 0 radical (unpaired) electrons. The lowest BCUT2D eigenvalue weighted by Gasteiger charge is -2.21. The van der Waals surface area contributed by atoms with E-state index in [0.717, 1.165) is 58.9 Å². The Hall–Kier alpha value is -3.93. The number of allylic oxidation sites excluding steroid dienone is 4. The molecule has 0 saturated heterocycles. The number of phenolic OH excluding ortho intramolecular Hbond substituents is 2. The molecule has 3 aromatic rings. The molecule has 2 atom stereocenters. The largest absolute Gasteiger partial charge is 0.508 e. The molecule has 1 aliphatic heterocycles. The van der Waals surface area contributed by atoms with Gasteiger partial charge in [0.1, 0.15) is 28.6 Å². The van der Waals surface area contributed by atoms with E-state index in [0.29, 0.717) is 18.8 Å². The molecule has 0 amide bonds. The van der Waals surface area contributed by atoms with Gasteiger partial charge < -0.3 is 10.2 Å². The van der Waals surface area contributed by atoms with Gasteiger partial charge in [-0.2, -0.15) is 4.57 Å². The van der Waals surface area contributed by atoms with E-state index in [2.05, 4.69) is 29.6 Å². The Balaban J connectivity index is 1.44. The van der Waals surface area contributed by atoms with Crippen molar-refractivity contribution in [3.63, 3.8) is 0 Å². The molecule has 0 bridgehead atoms. The van der Waals surface area contributed by atoms with Crippen LogP contribution in [0, 0.1) is 5.92 Å². The summed E-state index contributed by atoms with van der Waals surface area (Å²) in [6, 6.07) is 12.0. The maximum atomic E-state index is 13.7. The van der Waals surface area contributed by atoms with Crippen LogP contribution < -0.4 is 9.88 Å². The summed E-state index contributed by atoms with van der Waals surface area (Å²) in [5, 5.41) is 23.1. The van der Waals surface area contributed by atoms with E-state index in [-0.39, 0.29) is 23.4 Å². The Morgan fingerprint density at radius 1 is 1.00 bits per heavy atom. The van der Waals surface area contributed by atoms with Crippen molar-refractivity contribution < 1.29 is 19.6 Å². The van der Waals surface area contributed by atoms with Crippen molar-refractivity contribution in [3.8, 4) is 22.8 Å². The summed E-state index contributed by atoms with van der Waals surface area (Å²) >= 11 is 0. The molecular weight excluding hydrogens is 426 g/mol. The van der Waals surface area contributed by atoms with Crippen LogP contribution in [0.1, 0.15) is 33.7 Å². The van der Waals surface area contributed by atoms with Gasteiger partial charge in [0.05, 0.1) is 0 Å². The first-order chi connectivity index (χ1) is 16.6. The number of carbonyl (C=O) groups is 1. The van der Waals surface area contributed by atoms with Crippen LogP contribution in [0.5, 0.6) is 11.5 Å². The topological polar surface area (TPSA) is 86.3 Å². The van der Waals surface area contributed by atoms with Gasteiger partial charge >= 0.3 is 11.7 Å². The van der Waals surface area contributed by atoms with Gasteiger partial charge in [0.25, 0.3) is 0 Å². The number of aromatic nitrogens is 2. The van der Waals surface area contributed by atoms with Gasteiger partial charge in [-0.1, -0.05) is 36.4 Å². The SMILES string of the molecule is O=C1C(Cc2ccc(O)cc2)Nc2c(CC3C=CC=CC3)nc3c([n+]21)CCc1cc(O)ccc1-3. The number of hydrogen-bond donors (Lipinski definition) is 3. The molecule has 2 heterocycles. The molecule has 3 aliphatic rings. The number of nitrogens with zero attached hydrogens (tertiary/aromatic N) is 2. The molecule has 6 heteroatoms. The molecule has 34 heavy (non-hydrogen) atoms. The number of nitrogens with one attached hydrogen (secondary N) is 1. The molecule has 3 N–H and O–H groups in total. The second-order valence-corrected chi connectivity index (χ2v) is 9.30. The normalized spacial score (nSPS) is 19.9. The fourth-order valence-electron chi connectivity index (χ4n) is 5.29. The third-order valence-corrected chi connectivity index (χ3v) is 6.99. The zero-order chi connectivity index (χ0) is 23.2. The van der Waals surface area contributed by atoms with Crippen molar-refractivity contribution in [2.75, 3.05) is 5.32 Å². The monoisotopic (exact) mass is 452 g/mol. The lowest BCUT2D eigenvalue weighted by Crippen LogP contribution is -2.48. The van der Waals surface area contributed by atoms with E-state index in [4.69, 9.17) is 4.98 Å². The summed E-state index contributed by atoms with van der Waals surface area (Å²) in [6.07, 6.45) is 12.2. The summed E-state index contributed by atoms with van der Waals surface area (Å²) < 4.78 is 1.86. The van der Waals surface area contributed by atoms with Gasteiger partial charge in [0.15, 0.2) is 6.04 Å². The Bertz CT molecular complexity index is 1360. The molecule has 0 fully saturated rings. The quantitative estimate of drug-likeness (QED) is 0.523. The van der Waals surface area contributed by atoms with Crippen molar-refractivity contribution in [2.24, 2.45) is 5.92 Å².